The Labute approximate surface area is 189 Å². The monoisotopic (exact) mass is 510 g/mol. The summed E-state index contributed by atoms with van der Waals surface area (Å²) >= 11 is 0. The van der Waals surface area contributed by atoms with Gasteiger partial charge < -0.3 is 25.2 Å². The first-order valence-corrected chi connectivity index (χ1v) is 10.8. The van der Waals surface area contributed by atoms with Crippen molar-refractivity contribution in [1.82, 2.24) is 25.3 Å². The molecule has 28 heavy (non-hydrogen) atoms. The number of piperazine rings is 1. The summed E-state index contributed by atoms with van der Waals surface area (Å²) in [5.74, 6) is 0.910. The molecule has 0 bridgehead atoms. The summed E-state index contributed by atoms with van der Waals surface area (Å²) in [4.78, 5) is 12.0. The van der Waals surface area contributed by atoms with E-state index in [0.29, 0.717) is 0 Å². The molecule has 7 nitrogen and oxygen atoms in total. The molecule has 0 aromatic rings. The molecule has 0 radical (unpaired) electrons. The molecule has 2 N–H and O–H groups in total. The van der Waals surface area contributed by atoms with Crippen LogP contribution in [-0.4, -0.2) is 112 Å². The lowest BCUT2D eigenvalue weighted by Gasteiger charge is -2.41. The Morgan fingerprint density at radius 3 is 2.21 bits per heavy atom. The fourth-order valence-corrected chi connectivity index (χ4v) is 3.80. The van der Waals surface area contributed by atoms with Crippen LogP contribution in [0.3, 0.4) is 0 Å². The first-order valence-electron chi connectivity index (χ1n) is 10.8. The first-order chi connectivity index (χ1) is 13.0. The van der Waals surface area contributed by atoms with Crippen molar-refractivity contribution in [2.24, 2.45) is 4.99 Å². The average molecular weight is 511 g/mol. The Hall–Kier alpha value is -0.160. The maximum absolute atomic E-state index is 5.47. The zero-order valence-corrected chi connectivity index (χ0v) is 20.8. The van der Waals surface area contributed by atoms with Crippen molar-refractivity contribution in [2.75, 3.05) is 85.7 Å². The minimum atomic E-state index is 0. The van der Waals surface area contributed by atoms with Crippen LogP contribution in [0.1, 0.15) is 33.6 Å². The number of unbranched alkanes of at least 4 members (excludes halogenated alkanes) is 1. The molecular formula is C20H43IN6O. The molecule has 0 aliphatic carbocycles. The number of aliphatic imine (C=N–C) groups is 1. The van der Waals surface area contributed by atoms with Crippen molar-refractivity contribution in [3.05, 3.63) is 0 Å². The summed E-state index contributed by atoms with van der Waals surface area (Å²) in [6.07, 6.45) is 2.43. The van der Waals surface area contributed by atoms with E-state index in [4.69, 9.17) is 4.74 Å². The summed E-state index contributed by atoms with van der Waals surface area (Å²) in [6, 6.07) is 0. The summed E-state index contributed by atoms with van der Waals surface area (Å²) in [5.41, 5.74) is 0.0992. The highest BCUT2D eigenvalue weighted by Gasteiger charge is 2.28. The van der Waals surface area contributed by atoms with Gasteiger partial charge in [0.05, 0.1) is 13.2 Å². The van der Waals surface area contributed by atoms with Crippen LogP contribution in [0.4, 0.5) is 0 Å². The molecule has 2 fully saturated rings. The predicted octanol–water partition coefficient (Wildman–Crippen LogP) is 1.30. The second-order valence-electron chi connectivity index (χ2n) is 8.25. The third kappa shape index (κ3) is 9.11. The lowest BCUT2D eigenvalue weighted by molar-refractivity contribution is -0.00833. The number of nitrogens with one attached hydrogen (secondary N) is 2. The molecule has 2 aliphatic heterocycles. The van der Waals surface area contributed by atoms with Gasteiger partial charge in [-0.25, -0.2) is 0 Å². The van der Waals surface area contributed by atoms with E-state index >= 15 is 0 Å². The normalized spacial score (nSPS) is 20.6. The van der Waals surface area contributed by atoms with Gasteiger partial charge in [-0.3, -0.25) is 9.89 Å². The van der Waals surface area contributed by atoms with Crippen LogP contribution in [0.25, 0.3) is 0 Å². The third-order valence-corrected chi connectivity index (χ3v) is 5.88. The molecule has 0 amide bonds. The molecule has 8 heteroatoms. The molecule has 0 spiro atoms. The number of likely N-dealkylation sites (N-methyl/N-ethyl adjacent to an activating group) is 1. The predicted molar refractivity (Wildman–Crippen MR) is 129 cm³/mol. The lowest BCUT2D eigenvalue weighted by atomic mass is 10.0. The standard InChI is InChI=1S/C20H42N6O.HI/c1-5-24-10-12-25(13-11-24)9-7-6-8-22-19(21-4)23-18-20(2,3)26-14-16-27-17-15-26;/h5-18H2,1-4H3,(H2,21,22,23);1H. The van der Waals surface area contributed by atoms with Gasteiger partial charge in [-0.15, -0.1) is 24.0 Å². The van der Waals surface area contributed by atoms with Gasteiger partial charge in [0.15, 0.2) is 5.96 Å². The van der Waals surface area contributed by atoms with Gasteiger partial charge in [-0.1, -0.05) is 6.92 Å². The van der Waals surface area contributed by atoms with Gasteiger partial charge in [0.25, 0.3) is 0 Å². The highest BCUT2D eigenvalue weighted by molar-refractivity contribution is 14.0. The minimum Gasteiger partial charge on any atom is -0.379 e. The van der Waals surface area contributed by atoms with Gasteiger partial charge in [0.1, 0.15) is 0 Å². The molecule has 0 aromatic carbocycles. The van der Waals surface area contributed by atoms with Gasteiger partial charge in [-0.2, -0.15) is 0 Å². The van der Waals surface area contributed by atoms with Crippen LogP contribution in [0.15, 0.2) is 4.99 Å². The minimum absolute atomic E-state index is 0. The van der Waals surface area contributed by atoms with Crippen molar-refractivity contribution in [3.63, 3.8) is 0 Å². The number of hydrogen-bond acceptors (Lipinski definition) is 5. The Balaban J connectivity index is 0.00000392. The number of hydrogen-bond donors (Lipinski definition) is 2. The van der Waals surface area contributed by atoms with E-state index in [-0.39, 0.29) is 29.5 Å². The number of halogens is 1. The van der Waals surface area contributed by atoms with Gasteiger partial charge >= 0.3 is 0 Å². The Kier molecular flexibility index (Phi) is 12.9. The molecule has 0 aromatic heterocycles. The van der Waals surface area contributed by atoms with Gasteiger partial charge in [-0.05, 0) is 39.8 Å². The van der Waals surface area contributed by atoms with Crippen LogP contribution in [0.5, 0.6) is 0 Å². The summed E-state index contributed by atoms with van der Waals surface area (Å²) < 4.78 is 5.47. The van der Waals surface area contributed by atoms with Crippen molar-refractivity contribution < 1.29 is 4.74 Å². The van der Waals surface area contributed by atoms with E-state index in [1.54, 1.807) is 0 Å². The van der Waals surface area contributed by atoms with Gasteiger partial charge in [0.2, 0.25) is 0 Å². The van der Waals surface area contributed by atoms with Crippen molar-refractivity contribution >= 4 is 29.9 Å². The topological polar surface area (TPSA) is 55.4 Å². The molecule has 0 atom stereocenters. The molecule has 2 heterocycles. The van der Waals surface area contributed by atoms with E-state index in [1.165, 1.54) is 52.1 Å². The number of ether oxygens (including phenoxy) is 1. The molecule has 2 aliphatic rings. The van der Waals surface area contributed by atoms with E-state index < -0.39 is 0 Å². The Bertz CT molecular complexity index is 434. The van der Waals surface area contributed by atoms with Crippen molar-refractivity contribution in [2.45, 2.75) is 39.2 Å². The van der Waals surface area contributed by atoms with Crippen LogP contribution < -0.4 is 10.6 Å². The lowest BCUT2D eigenvalue weighted by Crippen LogP contribution is -2.56. The zero-order chi connectivity index (χ0) is 19.5. The molecule has 2 rings (SSSR count). The summed E-state index contributed by atoms with van der Waals surface area (Å²) in [6.45, 7) is 19.7. The molecular weight excluding hydrogens is 467 g/mol. The van der Waals surface area contributed by atoms with Gasteiger partial charge in [0, 0.05) is 64.9 Å². The second-order valence-corrected chi connectivity index (χ2v) is 8.25. The third-order valence-electron chi connectivity index (χ3n) is 5.88. The zero-order valence-electron chi connectivity index (χ0n) is 18.5. The van der Waals surface area contributed by atoms with Crippen molar-refractivity contribution in [1.29, 1.82) is 0 Å². The first kappa shape index (κ1) is 25.9. The molecule has 2 saturated heterocycles. The fourth-order valence-electron chi connectivity index (χ4n) is 3.80. The number of guanidine groups is 1. The highest BCUT2D eigenvalue weighted by Crippen LogP contribution is 2.14. The smallest absolute Gasteiger partial charge is 0.191 e. The second kappa shape index (κ2) is 14.0. The highest BCUT2D eigenvalue weighted by atomic mass is 127. The Morgan fingerprint density at radius 2 is 1.61 bits per heavy atom. The van der Waals surface area contributed by atoms with Crippen molar-refractivity contribution in [3.8, 4) is 0 Å². The van der Waals surface area contributed by atoms with E-state index in [0.717, 1.165) is 45.4 Å². The number of nitrogens with zero attached hydrogens (tertiary/aromatic N) is 4. The molecule has 166 valence electrons. The van der Waals surface area contributed by atoms with Crippen LogP contribution in [-0.2, 0) is 4.74 Å². The maximum Gasteiger partial charge on any atom is 0.191 e. The summed E-state index contributed by atoms with van der Waals surface area (Å²) in [5, 5.41) is 6.97. The Morgan fingerprint density at radius 1 is 0.964 bits per heavy atom. The fraction of sp³-hybridized carbons (Fsp3) is 0.950. The summed E-state index contributed by atoms with van der Waals surface area (Å²) in [7, 11) is 1.85. The van der Waals surface area contributed by atoms with E-state index in [1.807, 2.05) is 7.05 Å². The van der Waals surface area contributed by atoms with Crippen LogP contribution in [0, 0.1) is 0 Å². The average Bonchev–Trinajstić information content (AvgIpc) is 2.71. The quantitative estimate of drug-likeness (QED) is 0.211. The number of morpholine rings is 1. The number of rotatable bonds is 9. The molecule has 0 unspecified atom stereocenters. The van der Waals surface area contributed by atoms with Crippen LogP contribution >= 0.6 is 24.0 Å². The van der Waals surface area contributed by atoms with E-state index in [2.05, 4.69) is 51.1 Å². The van der Waals surface area contributed by atoms with E-state index in [9.17, 15) is 0 Å². The van der Waals surface area contributed by atoms with Crippen LogP contribution in [0.2, 0.25) is 0 Å². The SMILES string of the molecule is CCN1CCN(CCCCNC(=NC)NCC(C)(C)N2CCOCC2)CC1.I. The largest absolute Gasteiger partial charge is 0.379 e. The molecule has 0 saturated carbocycles. The maximum atomic E-state index is 5.47.